The Morgan fingerprint density at radius 1 is 1.23 bits per heavy atom. The predicted molar refractivity (Wildman–Crippen MR) is 86.8 cm³/mol. The fraction of sp³-hybridized carbons (Fsp3) is 0.611. The third-order valence-electron chi connectivity index (χ3n) is 4.89. The van der Waals surface area contributed by atoms with Crippen molar-refractivity contribution in [1.29, 1.82) is 0 Å². The molecular weight excluding hydrogens is 276 g/mol. The van der Waals surface area contributed by atoms with Gasteiger partial charge in [0, 0.05) is 38.6 Å². The number of ether oxygens (including phenoxy) is 1. The van der Waals surface area contributed by atoms with E-state index in [2.05, 4.69) is 36.1 Å². The second kappa shape index (κ2) is 7.25. The highest BCUT2D eigenvalue weighted by Gasteiger charge is 2.26. The lowest BCUT2D eigenvalue weighted by Gasteiger charge is -2.37. The summed E-state index contributed by atoms with van der Waals surface area (Å²) < 4.78 is 5.31. The van der Waals surface area contributed by atoms with Crippen LogP contribution < -0.4 is 0 Å². The van der Waals surface area contributed by atoms with Gasteiger partial charge in [0.15, 0.2) is 0 Å². The summed E-state index contributed by atoms with van der Waals surface area (Å²) in [5.74, 6) is 0.275. The average molecular weight is 302 g/mol. The number of rotatable bonds is 4. The second-order valence-electron chi connectivity index (χ2n) is 6.15. The molecule has 1 fully saturated rings. The van der Waals surface area contributed by atoms with Crippen LogP contribution in [-0.2, 0) is 16.0 Å². The number of benzene rings is 1. The van der Waals surface area contributed by atoms with Gasteiger partial charge >= 0.3 is 0 Å². The maximum absolute atomic E-state index is 12.3. The maximum Gasteiger partial charge on any atom is 0.224 e. The standard InChI is InChI=1S/C18H26N2O2/c1-2-17-16-6-4-3-5-15(16)7-9-19(17)10-8-18(21)20-11-13-22-14-12-20/h3-6,17H,2,7-14H2,1H3/t17-/m0/s1. The summed E-state index contributed by atoms with van der Waals surface area (Å²) in [6, 6.07) is 9.21. The first-order valence-corrected chi connectivity index (χ1v) is 8.47. The van der Waals surface area contributed by atoms with Gasteiger partial charge in [0.1, 0.15) is 0 Å². The van der Waals surface area contributed by atoms with E-state index >= 15 is 0 Å². The van der Waals surface area contributed by atoms with Crippen LogP contribution in [0, 0.1) is 0 Å². The molecule has 1 saturated heterocycles. The molecule has 22 heavy (non-hydrogen) atoms. The van der Waals surface area contributed by atoms with Gasteiger partial charge in [0.2, 0.25) is 5.91 Å². The zero-order chi connectivity index (χ0) is 15.4. The number of nitrogens with zero attached hydrogens (tertiary/aromatic N) is 2. The molecule has 1 atom stereocenters. The van der Waals surface area contributed by atoms with Crippen LogP contribution >= 0.6 is 0 Å². The quantitative estimate of drug-likeness (QED) is 0.855. The van der Waals surface area contributed by atoms with Crippen molar-refractivity contribution in [3.8, 4) is 0 Å². The van der Waals surface area contributed by atoms with Crippen LogP contribution in [0.1, 0.15) is 36.9 Å². The number of carbonyl (C=O) groups excluding carboxylic acids is 1. The van der Waals surface area contributed by atoms with Crippen molar-refractivity contribution in [2.24, 2.45) is 0 Å². The molecule has 1 aromatic rings. The molecule has 1 aromatic carbocycles. The van der Waals surface area contributed by atoms with E-state index in [-0.39, 0.29) is 5.91 Å². The Hall–Kier alpha value is -1.39. The molecule has 0 aliphatic carbocycles. The van der Waals surface area contributed by atoms with E-state index in [1.807, 2.05) is 4.90 Å². The largest absolute Gasteiger partial charge is 0.378 e. The van der Waals surface area contributed by atoms with E-state index < -0.39 is 0 Å². The van der Waals surface area contributed by atoms with Gasteiger partial charge in [-0.25, -0.2) is 0 Å². The van der Waals surface area contributed by atoms with Crippen molar-refractivity contribution < 1.29 is 9.53 Å². The molecule has 120 valence electrons. The van der Waals surface area contributed by atoms with Gasteiger partial charge in [-0.1, -0.05) is 31.2 Å². The Bertz CT molecular complexity index is 512. The molecule has 3 rings (SSSR count). The van der Waals surface area contributed by atoms with E-state index in [4.69, 9.17) is 4.74 Å². The number of carbonyl (C=O) groups is 1. The summed E-state index contributed by atoms with van der Waals surface area (Å²) in [6.45, 7) is 7.02. The highest BCUT2D eigenvalue weighted by molar-refractivity contribution is 5.76. The molecule has 2 aliphatic heterocycles. The number of hydrogen-bond acceptors (Lipinski definition) is 3. The number of hydrogen-bond donors (Lipinski definition) is 0. The summed E-state index contributed by atoms with van der Waals surface area (Å²) in [4.78, 5) is 16.8. The van der Waals surface area contributed by atoms with E-state index in [0.717, 1.165) is 39.0 Å². The van der Waals surface area contributed by atoms with Crippen LogP contribution in [-0.4, -0.2) is 55.1 Å². The fourth-order valence-electron chi connectivity index (χ4n) is 3.66. The van der Waals surface area contributed by atoms with Crippen molar-refractivity contribution >= 4 is 5.91 Å². The molecule has 2 heterocycles. The molecule has 0 radical (unpaired) electrons. The average Bonchev–Trinajstić information content (AvgIpc) is 2.59. The van der Waals surface area contributed by atoms with Crippen molar-refractivity contribution in [1.82, 2.24) is 9.80 Å². The van der Waals surface area contributed by atoms with Gasteiger partial charge in [-0.3, -0.25) is 9.69 Å². The molecule has 1 amide bonds. The molecule has 0 bridgehead atoms. The molecule has 2 aliphatic rings. The van der Waals surface area contributed by atoms with Crippen LogP contribution in [0.5, 0.6) is 0 Å². The molecule has 0 aromatic heterocycles. The Morgan fingerprint density at radius 2 is 2.00 bits per heavy atom. The summed E-state index contributed by atoms with van der Waals surface area (Å²) in [5.41, 5.74) is 2.93. The smallest absolute Gasteiger partial charge is 0.224 e. The number of fused-ring (bicyclic) bond motifs is 1. The van der Waals surface area contributed by atoms with E-state index in [1.165, 1.54) is 11.1 Å². The van der Waals surface area contributed by atoms with Crippen LogP contribution in [0.4, 0.5) is 0 Å². The third kappa shape index (κ3) is 3.33. The molecule has 0 spiro atoms. The highest BCUT2D eigenvalue weighted by atomic mass is 16.5. The van der Waals surface area contributed by atoms with E-state index in [0.29, 0.717) is 25.7 Å². The van der Waals surface area contributed by atoms with E-state index in [9.17, 15) is 4.79 Å². The van der Waals surface area contributed by atoms with Crippen molar-refractivity contribution in [2.45, 2.75) is 32.2 Å². The molecule has 0 unspecified atom stereocenters. The second-order valence-corrected chi connectivity index (χ2v) is 6.15. The lowest BCUT2D eigenvalue weighted by atomic mass is 9.91. The monoisotopic (exact) mass is 302 g/mol. The molecule has 4 heteroatoms. The van der Waals surface area contributed by atoms with Crippen molar-refractivity contribution in [2.75, 3.05) is 39.4 Å². The highest BCUT2D eigenvalue weighted by Crippen LogP contribution is 2.31. The maximum atomic E-state index is 12.3. The van der Waals surface area contributed by atoms with Gasteiger partial charge in [-0.2, -0.15) is 0 Å². The zero-order valence-corrected chi connectivity index (χ0v) is 13.5. The van der Waals surface area contributed by atoms with Gasteiger partial charge in [-0.05, 0) is 24.0 Å². The summed E-state index contributed by atoms with van der Waals surface area (Å²) in [6.07, 6.45) is 2.82. The van der Waals surface area contributed by atoms with Gasteiger partial charge < -0.3 is 9.64 Å². The van der Waals surface area contributed by atoms with Crippen LogP contribution in [0.15, 0.2) is 24.3 Å². The van der Waals surface area contributed by atoms with Crippen molar-refractivity contribution in [3.63, 3.8) is 0 Å². The Morgan fingerprint density at radius 3 is 2.77 bits per heavy atom. The zero-order valence-electron chi connectivity index (χ0n) is 13.5. The first-order valence-electron chi connectivity index (χ1n) is 8.47. The van der Waals surface area contributed by atoms with Gasteiger partial charge in [-0.15, -0.1) is 0 Å². The number of morpholine rings is 1. The normalized spacial score (nSPS) is 22.4. The lowest BCUT2D eigenvalue weighted by Crippen LogP contribution is -2.43. The first kappa shape index (κ1) is 15.5. The van der Waals surface area contributed by atoms with Crippen LogP contribution in [0.2, 0.25) is 0 Å². The summed E-state index contributed by atoms with van der Waals surface area (Å²) >= 11 is 0. The first-order chi connectivity index (χ1) is 10.8. The minimum atomic E-state index is 0.275. The molecular formula is C18H26N2O2. The predicted octanol–water partition coefficient (Wildman–Crippen LogP) is 2.24. The van der Waals surface area contributed by atoms with E-state index in [1.54, 1.807) is 0 Å². The SMILES string of the molecule is CC[C@H]1c2ccccc2CCN1CCC(=O)N1CCOCC1. The Labute approximate surface area is 133 Å². The van der Waals surface area contributed by atoms with Gasteiger partial charge in [0.05, 0.1) is 13.2 Å². The van der Waals surface area contributed by atoms with Gasteiger partial charge in [0.25, 0.3) is 0 Å². The fourth-order valence-corrected chi connectivity index (χ4v) is 3.66. The molecule has 0 N–H and O–H groups in total. The number of amides is 1. The third-order valence-corrected chi connectivity index (χ3v) is 4.89. The Balaban J connectivity index is 1.59. The lowest BCUT2D eigenvalue weighted by molar-refractivity contribution is -0.135. The minimum absolute atomic E-state index is 0.275. The van der Waals surface area contributed by atoms with Crippen LogP contribution in [0.3, 0.4) is 0 Å². The summed E-state index contributed by atoms with van der Waals surface area (Å²) in [7, 11) is 0. The Kier molecular flexibility index (Phi) is 5.11. The van der Waals surface area contributed by atoms with Crippen molar-refractivity contribution in [3.05, 3.63) is 35.4 Å². The molecule has 4 nitrogen and oxygen atoms in total. The topological polar surface area (TPSA) is 32.8 Å². The van der Waals surface area contributed by atoms with Crippen LogP contribution in [0.25, 0.3) is 0 Å². The minimum Gasteiger partial charge on any atom is -0.378 e. The summed E-state index contributed by atoms with van der Waals surface area (Å²) in [5, 5.41) is 0. The molecule has 0 saturated carbocycles.